The Kier molecular flexibility index (Phi) is 5.55. The molecule has 1 aliphatic heterocycles. The van der Waals surface area contributed by atoms with Gasteiger partial charge >= 0.3 is 0 Å². The number of hydrogen-bond donors (Lipinski definition) is 0. The van der Waals surface area contributed by atoms with E-state index in [1.807, 2.05) is 13.8 Å². The summed E-state index contributed by atoms with van der Waals surface area (Å²) in [4.78, 5) is 14.2. The van der Waals surface area contributed by atoms with Crippen molar-refractivity contribution < 1.29 is 17.9 Å². The van der Waals surface area contributed by atoms with E-state index in [-0.39, 0.29) is 10.8 Å². The van der Waals surface area contributed by atoms with Crippen LogP contribution in [0.1, 0.15) is 24.2 Å². The van der Waals surface area contributed by atoms with Crippen molar-refractivity contribution >= 4 is 15.9 Å². The van der Waals surface area contributed by atoms with Gasteiger partial charge in [0.2, 0.25) is 10.0 Å². The van der Waals surface area contributed by atoms with Crippen molar-refractivity contribution in [1.29, 1.82) is 0 Å². The van der Waals surface area contributed by atoms with Crippen molar-refractivity contribution in [3.8, 4) is 0 Å². The lowest BCUT2D eigenvalue weighted by Gasteiger charge is -2.26. The Hall–Kier alpha value is -1.44. The molecule has 1 aromatic carbocycles. The SMILES string of the molecule is CCN(CC)C(=O)c1cccc(S(=O)(=O)N2CCOCC2)c1. The molecule has 0 saturated carbocycles. The number of amides is 1. The van der Waals surface area contributed by atoms with Crippen molar-refractivity contribution in [2.75, 3.05) is 39.4 Å². The van der Waals surface area contributed by atoms with E-state index in [9.17, 15) is 13.2 Å². The lowest BCUT2D eigenvalue weighted by Crippen LogP contribution is -2.40. The van der Waals surface area contributed by atoms with Gasteiger partial charge in [0, 0.05) is 31.7 Å². The molecule has 22 heavy (non-hydrogen) atoms. The van der Waals surface area contributed by atoms with E-state index >= 15 is 0 Å². The third-order valence-corrected chi connectivity index (χ3v) is 5.63. The first kappa shape index (κ1) is 16.9. The molecule has 1 aliphatic rings. The number of ether oxygens (including phenoxy) is 1. The Morgan fingerprint density at radius 2 is 1.86 bits per heavy atom. The highest BCUT2D eigenvalue weighted by atomic mass is 32.2. The zero-order chi connectivity index (χ0) is 16.2. The number of hydrogen-bond acceptors (Lipinski definition) is 4. The quantitative estimate of drug-likeness (QED) is 0.815. The summed E-state index contributed by atoms with van der Waals surface area (Å²) in [5, 5.41) is 0. The average molecular weight is 326 g/mol. The zero-order valence-corrected chi connectivity index (χ0v) is 13.8. The van der Waals surface area contributed by atoms with Crippen LogP contribution in [0.15, 0.2) is 29.2 Å². The van der Waals surface area contributed by atoms with Crippen LogP contribution in [0.25, 0.3) is 0 Å². The van der Waals surface area contributed by atoms with Gasteiger partial charge in [-0.15, -0.1) is 0 Å². The molecule has 2 rings (SSSR count). The molecule has 0 bridgehead atoms. The highest BCUT2D eigenvalue weighted by Gasteiger charge is 2.27. The van der Waals surface area contributed by atoms with Gasteiger partial charge in [-0.25, -0.2) is 8.42 Å². The molecule has 0 atom stereocenters. The number of nitrogens with zero attached hydrogens (tertiary/aromatic N) is 2. The smallest absolute Gasteiger partial charge is 0.253 e. The number of carbonyl (C=O) groups excluding carboxylic acids is 1. The molecular formula is C15H22N2O4S. The summed E-state index contributed by atoms with van der Waals surface area (Å²) in [7, 11) is -3.57. The van der Waals surface area contributed by atoms with Crippen LogP contribution in [0.5, 0.6) is 0 Å². The van der Waals surface area contributed by atoms with Crippen LogP contribution >= 0.6 is 0 Å². The predicted octanol–water partition coefficient (Wildman–Crippen LogP) is 1.19. The molecule has 122 valence electrons. The van der Waals surface area contributed by atoms with Gasteiger partial charge < -0.3 is 9.64 Å². The topological polar surface area (TPSA) is 66.9 Å². The highest BCUT2D eigenvalue weighted by Crippen LogP contribution is 2.19. The molecule has 0 aromatic heterocycles. The molecule has 7 heteroatoms. The second-order valence-electron chi connectivity index (χ2n) is 5.02. The van der Waals surface area contributed by atoms with Crippen LogP contribution in [-0.4, -0.2) is 62.9 Å². The van der Waals surface area contributed by atoms with Crippen molar-refractivity contribution in [1.82, 2.24) is 9.21 Å². The van der Waals surface area contributed by atoms with Gasteiger partial charge in [0.15, 0.2) is 0 Å². The molecule has 6 nitrogen and oxygen atoms in total. The van der Waals surface area contributed by atoms with Gasteiger partial charge in [-0.05, 0) is 32.0 Å². The van der Waals surface area contributed by atoms with Gasteiger partial charge in [0.1, 0.15) is 0 Å². The Morgan fingerprint density at radius 1 is 1.23 bits per heavy atom. The van der Waals surface area contributed by atoms with Crippen LogP contribution in [-0.2, 0) is 14.8 Å². The van der Waals surface area contributed by atoms with Crippen LogP contribution in [0, 0.1) is 0 Å². The summed E-state index contributed by atoms with van der Waals surface area (Å²) in [5.74, 6) is -0.149. The molecule has 0 N–H and O–H groups in total. The third kappa shape index (κ3) is 3.48. The predicted molar refractivity (Wildman–Crippen MR) is 83.3 cm³/mol. The second-order valence-corrected chi connectivity index (χ2v) is 6.96. The number of rotatable bonds is 5. The lowest BCUT2D eigenvalue weighted by atomic mass is 10.2. The van der Waals surface area contributed by atoms with Crippen LogP contribution in [0.4, 0.5) is 0 Å². The van der Waals surface area contributed by atoms with E-state index in [0.29, 0.717) is 45.0 Å². The van der Waals surface area contributed by atoms with Gasteiger partial charge in [-0.1, -0.05) is 6.07 Å². The maximum atomic E-state index is 12.6. The summed E-state index contributed by atoms with van der Waals surface area (Å²) in [6, 6.07) is 6.26. The minimum Gasteiger partial charge on any atom is -0.379 e. The van der Waals surface area contributed by atoms with Crippen LogP contribution in [0.2, 0.25) is 0 Å². The summed E-state index contributed by atoms with van der Waals surface area (Å²) >= 11 is 0. The highest BCUT2D eigenvalue weighted by molar-refractivity contribution is 7.89. The van der Waals surface area contributed by atoms with Crippen molar-refractivity contribution in [3.63, 3.8) is 0 Å². The number of sulfonamides is 1. The Bertz CT molecular complexity index is 620. The second kappa shape index (κ2) is 7.21. The molecule has 0 unspecified atom stereocenters. The van der Waals surface area contributed by atoms with Gasteiger partial charge in [-0.3, -0.25) is 4.79 Å². The molecule has 1 fully saturated rings. The van der Waals surface area contributed by atoms with E-state index in [1.54, 1.807) is 17.0 Å². The maximum Gasteiger partial charge on any atom is 0.253 e. The summed E-state index contributed by atoms with van der Waals surface area (Å²) in [6.45, 7) is 6.47. The Labute approximate surface area is 131 Å². The van der Waals surface area contributed by atoms with Crippen molar-refractivity contribution in [3.05, 3.63) is 29.8 Å². The molecule has 1 saturated heterocycles. The van der Waals surface area contributed by atoms with Gasteiger partial charge in [0.25, 0.3) is 5.91 Å². The Morgan fingerprint density at radius 3 is 2.45 bits per heavy atom. The molecule has 0 radical (unpaired) electrons. The first-order valence-electron chi connectivity index (χ1n) is 7.48. The maximum absolute atomic E-state index is 12.6. The molecular weight excluding hydrogens is 304 g/mol. The van der Waals surface area contributed by atoms with E-state index in [1.165, 1.54) is 16.4 Å². The van der Waals surface area contributed by atoms with E-state index in [4.69, 9.17) is 4.74 Å². The zero-order valence-electron chi connectivity index (χ0n) is 13.0. The molecule has 1 heterocycles. The normalized spacial score (nSPS) is 16.5. The summed E-state index contributed by atoms with van der Waals surface area (Å²) in [5.41, 5.74) is 0.401. The van der Waals surface area contributed by atoms with E-state index in [2.05, 4.69) is 0 Å². The van der Waals surface area contributed by atoms with Gasteiger partial charge in [0.05, 0.1) is 18.1 Å². The first-order chi connectivity index (χ1) is 10.5. The van der Waals surface area contributed by atoms with Crippen molar-refractivity contribution in [2.24, 2.45) is 0 Å². The fourth-order valence-electron chi connectivity index (χ4n) is 2.42. The molecule has 0 spiro atoms. The van der Waals surface area contributed by atoms with Crippen molar-refractivity contribution in [2.45, 2.75) is 18.7 Å². The molecule has 0 aliphatic carbocycles. The third-order valence-electron chi connectivity index (χ3n) is 3.74. The van der Waals surface area contributed by atoms with Crippen LogP contribution in [0.3, 0.4) is 0 Å². The average Bonchev–Trinajstić information content (AvgIpc) is 2.57. The van der Waals surface area contributed by atoms with E-state index in [0.717, 1.165) is 0 Å². The monoisotopic (exact) mass is 326 g/mol. The Balaban J connectivity index is 2.29. The fourth-order valence-corrected chi connectivity index (χ4v) is 3.87. The molecule has 1 amide bonds. The number of benzene rings is 1. The largest absolute Gasteiger partial charge is 0.379 e. The summed E-state index contributed by atoms with van der Waals surface area (Å²) < 4.78 is 31.8. The van der Waals surface area contributed by atoms with Gasteiger partial charge in [-0.2, -0.15) is 4.31 Å². The summed E-state index contributed by atoms with van der Waals surface area (Å²) in [6.07, 6.45) is 0. The molecule has 1 aromatic rings. The first-order valence-corrected chi connectivity index (χ1v) is 8.92. The lowest BCUT2D eigenvalue weighted by molar-refractivity contribution is 0.0730. The fraction of sp³-hybridized carbons (Fsp3) is 0.533. The number of carbonyl (C=O) groups is 1. The van der Waals surface area contributed by atoms with E-state index < -0.39 is 10.0 Å². The standard InChI is InChI=1S/C15H22N2O4S/c1-3-16(4-2)15(18)13-6-5-7-14(12-13)22(19,20)17-8-10-21-11-9-17/h5-7,12H,3-4,8-11H2,1-2H3. The van der Waals surface area contributed by atoms with Crippen LogP contribution < -0.4 is 0 Å². The minimum absolute atomic E-state index is 0.149. The minimum atomic E-state index is -3.57. The number of morpholine rings is 1.